The van der Waals surface area contributed by atoms with Crippen LogP contribution in [0.25, 0.3) is 0 Å². The average molecular weight is 270 g/mol. The van der Waals surface area contributed by atoms with Crippen molar-refractivity contribution in [2.45, 2.75) is 64.8 Å². The third-order valence-corrected chi connectivity index (χ3v) is 4.26. The smallest absolute Gasteiger partial charge is 0.163 e. The highest BCUT2D eigenvalue weighted by Crippen LogP contribution is 2.26. The van der Waals surface area contributed by atoms with E-state index in [1.807, 2.05) is 26.8 Å². The zero-order chi connectivity index (χ0) is 14.0. The van der Waals surface area contributed by atoms with Crippen LogP contribution in [0.5, 0.6) is 0 Å². The van der Waals surface area contributed by atoms with E-state index >= 15 is 0 Å². The maximum atomic E-state index is 12.0. The summed E-state index contributed by atoms with van der Waals surface area (Å²) in [6.45, 7) is 13.1. The van der Waals surface area contributed by atoms with Crippen LogP contribution in [0.4, 0.5) is 0 Å². The normalized spacial score (nSPS) is 24.3. The number of carbonyl (C=O) groups is 1. The molecule has 18 heavy (non-hydrogen) atoms. The zero-order valence-corrected chi connectivity index (χ0v) is 13.5. The van der Waals surface area contributed by atoms with Gasteiger partial charge in [0, 0.05) is 14.5 Å². The van der Waals surface area contributed by atoms with Crippen LogP contribution in [0.15, 0.2) is 11.6 Å². The molecule has 1 fully saturated rings. The number of Topliss-reactive ketones (excluding diaryl/α,β-unsaturated/α-hetero) is 1. The molecule has 0 spiro atoms. The van der Waals surface area contributed by atoms with Gasteiger partial charge in [0.15, 0.2) is 11.6 Å². The molecule has 0 saturated carbocycles. The summed E-state index contributed by atoms with van der Waals surface area (Å²) in [5, 5.41) is 0. The van der Waals surface area contributed by atoms with E-state index in [4.69, 9.17) is 9.47 Å². The van der Waals surface area contributed by atoms with Crippen LogP contribution in [0.2, 0.25) is 25.7 Å². The summed E-state index contributed by atoms with van der Waals surface area (Å²) in [6, 6.07) is 0.917. The van der Waals surface area contributed by atoms with Gasteiger partial charge in [0.1, 0.15) is 6.10 Å². The molecule has 1 rings (SSSR count). The molecule has 0 aromatic carbocycles. The molecule has 0 aromatic rings. The Kier molecular flexibility index (Phi) is 4.92. The summed E-state index contributed by atoms with van der Waals surface area (Å²) in [5.74, 6) is -0.286. The lowest BCUT2D eigenvalue weighted by atomic mass is 10.1. The average Bonchev–Trinajstić information content (AvgIpc) is 2.54. The molecule has 104 valence electrons. The lowest BCUT2D eigenvalue weighted by molar-refractivity contribution is -0.133. The van der Waals surface area contributed by atoms with E-state index in [-0.39, 0.29) is 11.9 Å². The summed E-state index contributed by atoms with van der Waals surface area (Å²) >= 11 is 0. The molecule has 0 aliphatic carbocycles. The molecule has 0 N–H and O–H groups in total. The highest BCUT2D eigenvalue weighted by molar-refractivity contribution is 6.77. The molecular weight excluding hydrogens is 244 g/mol. The quantitative estimate of drug-likeness (QED) is 0.567. The fraction of sp³-hybridized carbons (Fsp3) is 0.786. The largest absolute Gasteiger partial charge is 0.347 e. The molecule has 0 amide bonds. The first-order valence-corrected chi connectivity index (χ1v) is 10.4. The number of hydrogen-bond donors (Lipinski definition) is 0. The van der Waals surface area contributed by atoms with Crippen LogP contribution in [-0.4, -0.2) is 32.4 Å². The Morgan fingerprint density at radius 2 is 2.00 bits per heavy atom. The molecule has 1 atom stereocenters. The molecule has 0 aromatic heterocycles. The van der Waals surface area contributed by atoms with Crippen molar-refractivity contribution in [2.24, 2.45) is 0 Å². The van der Waals surface area contributed by atoms with Crippen LogP contribution in [0.1, 0.15) is 27.2 Å². The molecule has 0 unspecified atom stereocenters. The van der Waals surface area contributed by atoms with Gasteiger partial charge in [0.25, 0.3) is 0 Å². The van der Waals surface area contributed by atoms with Gasteiger partial charge in [0.05, 0.1) is 6.61 Å². The summed E-state index contributed by atoms with van der Waals surface area (Å²) in [6.07, 6.45) is 2.47. The Hall–Kier alpha value is -0.453. The molecular formula is C14H26O3Si. The number of ketones is 1. The summed E-state index contributed by atoms with van der Waals surface area (Å²) in [4.78, 5) is 12.0. The standard InChI is InChI=1S/C14H26O3Si/c1-7-13(15)11(10-18(4,5)6)8-12-9-16-14(2,3)17-12/h8,12H,7,9-10H2,1-6H3/b11-8+/t12-/m0/s1. The van der Waals surface area contributed by atoms with E-state index < -0.39 is 13.9 Å². The van der Waals surface area contributed by atoms with E-state index in [9.17, 15) is 4.79 Å². The van der Waals surface area contributed by atoms with Gasteiger partial charge in [-0.1, -0.05) is 26.6 Å². The van der Waals surface area contributed by atoms with Gasteiger partial charge < -0.3 is 9.47 Å². The number of allylic oxidation sites excluding steroid dienone is 1. The van der Waals surface area contributed by atoms with E-state index in [2.05, 4.69) is 19.6 Å². The Bertz CT molecular complexity index is 339. The predicted octanol–water partition coefficient (Wildman–Crippen LogP) is 3.38. The van der Waals surface area contributed by atoms with Crippen molar-refractivity contribution in [3.63, 3.8) is 0 Å². The number of ether oxygens (including phenoxy) is 2. The number of hydrogen-bond acceptors (Lipinski definition) is 3. The van der Waals surface area contributed by atoms with Crippen molar-refractivity contribution >= 4 is 13.9 Å². The first-order chi connectivity index (χ1) is 8.13. The fourth-order valence-electron chi connectivity index (χ4n) is 2.07. The van der Waals surface area contributed by atoms with E-state index in [0.717, 1.165) is 11.6 Å². The van der Waals surface area contributed by atoms with Gasteiger partial charge in [-0.2, -0.15) is 0 Å². The van der Waals surface area contributed by atoms with Gasteiger partial charge in [0.2, 0.25) is 0 Å². The van der Waals surface area contributed by atoms with Crippen molar-refractivity contribution in [3.8, 4) is 0 Å². The fourth-order valence-corrected chi connectivity index (χ4v) is 3.53. The van der Waals surface area contributed by atoms with E-state index in [0.29, 0.717) is 13.0 Å². The van der Waals surface area contributed by atoms with E-state index in [1.165, 1.54) is 0 Å². The third-order valence-electron chi connectivity index (χ3n) is 2.82. The van der Waals surface area contributed by atoms with Crippen LogP contribution in [-0.2, 0) is 14.3 Å². The summed E-state index contributed by atoms with van der Waals surface area (Å²) in [7, 11) is -1.29. The Balaban J connectivity index is 2.80. The zero-order valence-electron chi connectivity index (χ0n) is 12.5. The van der Waals surface area contributed by atoms with Crippen LogP contribution in [0.3, 0.4) is 0 Å². The summed E-state index contributed by atoms with van der Waals surface area (Å²) < 4.78 is 11.3. The molecule has 0 bridgehead atoms. The Labute approximate surface area is 112 Å². The lowest BCUT2D eigenvalue weighted by Gasteiger charge is -2.19. The second-order valence-corrected chi connectivity index (χ2v) is 12.0. The van der Waals surface area contributed by atoms with Crippen LogP contribution >= 0.6 is 0 Å². The van der Waals surface area contributed by atoms with Crippen molar-refractivity contribution in [3.05, 3.63) is 11.6 Å². The second kappa shape index (κ2) is 5.68. The highest BCUT2D eigenvalue weighted by Gasteiger charge is 2.32. The molecule has 4 heteroatoms. The number of carbonyl (C=O) groups excluding carboxylic acids is 1. The minimum atomic E-state index is -1.29. The van der Waals surface area contributed by atoms with Gasteiger partial charge in [-0.15, -0.1) is 0 Å². The maximum Gasteiger partial charge on any atom is 0.163 e. The van der Waals surface area contributed by atoms with Gasteiger partial charge in [-0.3, -0.25) is 4.79 Å². The molecule has 3 nitrogen and oxygen atoms in total. The third kappa shape index (κ3) is 5.04. The van der Waals surface area contributed by atoms with Gasteiger partial charge in [-0.05, 0) is 31.5 Å². The highest BCUT2D eigenvalue weighted by atomic mass is 28.3. The van der Waals surface area contributed by atoms with Gasteiger partial charge >= 0.3 is 0 Å². The van der Waals surface area contributed by atoms with Gasteiger partial charge in [-0.25, -0.2) is 0 Å². The van der Waals surface area contributed by atoms with Crippen molar-refractivity contribution < 1.29 is 14.3 Å². The first kappa shape index (κ1) is 15.6. The van der Waals surface area contributed by atoms with Crippen molar-refractivity contribution in [1.82, 2.24) is 0 Å². The SMILES string of the molecule is CCC(=O)/C(=C/[C@H]1COC(C)(C)O1)C[Si](C)(C)C. The monoisotopic (exact) mass is 270 g/mol. The number of rotatable bonds is 5. The molecule has 1 heterocycles. The van der Waals surface area contributed by atoms with Crippen molar-refractivity contribution in [2.75, 3.05) is 6.61 Å². The summed E-state index contributed by atoms with van der Waals surface area (Å²) in [5.41, 5.74) is 0.933. The van der Waals surface area contributed by atoms with Crippen LogP contribution in [0, 0.1) is 0 Å². The Morgan fingerprint density at radius 1 is 1.39 bits per heavy atom. The van der Waals surface area contributed by atoms with Crippen molar-refractivity contribution in [1.29, 1.82) is 0 Å². The molecule has 1 aliphatic rings. The topological polar surface area (TPSA) is 35.5 Å². The first-order valence-electron chi connectivity index (χ1n) is 6.68. The van der Waals surface area contributed by atoms with E-state index in [1.54, 1.807) is 0 Å². The van der Waals surface area contributed by atoms with Crippen LogP contribution < -0.4 is 0 Å². The maximum absolute atomic E-state index is 12.0. The lowest BCUT2D eigenvalue weighted by Crippen LogP contribution is -2.24. The molecule has 1 aliphatic heterocycles. The minimum absolute atomic E-state index is 0.0816. The Morgan fingerprint density at radius 3 is 2.39 bits per heavy atom. The predicted molar refractivity (Wildman–Crippen MR) is 76.4 cm³/mol. The molecule has 0 radical (unpaired) electrons. The minimum Gasteiger partial charge on any atom is -0.347 e. The second-order valence-electron chi connectivity index (χ2n) is 6.57. The molecule has 1 saturated heterocycles.